The van der Waals surface area contributed by atoms with Crippen LogP contribution in [-0.2, 0) is 0 Å². The van der Waals surface area contributed by atoms with Crippen molar-refractivity contribution >= 4 is 27.9 Å². The normalized spacial score (nSPS) is 11.4. The molecule has 0 aliphatic carbocycles. The molecule has 2 aromatic carbocycles. The molecule has 0 saturated heterocycles. The van der Waals surface area contributed by atoms with Crippen molar-refractivity contribution in [3.05, 3.63) is 70.2 Å². The van der Waals surface area contributed by atoms with Crippen LogP contribution in [0.3, 0.4) is 0 Å². The van der Waals surface area contributed by atoms with E-state index in [2.05, 4.69) is 32.1 Å². The third-order valence-electron chi connectivity index (χ3n) is 3.04. The number of hydrogen-bond acceptors (Lipinski definition) is 2. The molecule has 2 rings (SSSR count). The van der Waals surface area contributed by atoms with Crippen LogP contribution < -0.4 is 16.2 Å². The van der Waals surface area contributed by atoms with Crippen molar-refractivity contribution in [2.75, 3.05) is 0 Å². The molecule has 5 nitrogen and oxygen atoms in total. The van der Waals surface area contributed by atoms with Crippen LogP contribution in [0.25, 0.3) is 0 Å². The van der Waals surface area contributed by atoms with Crippen LogP contribution in [0.2, 0.25) is 0 Å². The largest absolute Gasteiger partial charge is 0.333 e. The quantitative estimate of drug-likeness (QED) is 0.734. The van der Waals surface area contributed by atoms with Gasteiger partial charge in [0.25, 0.3) is 5.91 Å². The first-order chi connectivity index (χ1) is 10.6. The lowest BCUT2D eigenvalue weighted by Gasteiger charge is -2.15. The van der Waals surface area contributed by atoms with Gasteiger partial charge >= 0.3 is 6.03 Å². The SMILES string of the molecule is CC(NC(=O)NNC(=O)c1ccccc1)c1ccc(Br)cc1. The monoisotopic (exact) mass is 361 g/mol. The van der Waals surface area contributed by atoms with Crippen LogP contribution in [0.5, 0.6) is 0 Å². The Bertz CT molecular complexity index is 644. The van der Waals surface area contributed by atoms with E-state index in [1.807, 2.05) is 37.3 Å². The highest BCUT2D eigenvalue weighted by Gasteiger charge is 2.10. The smallest absolute Gasteiger partial charge is 0.330 e. The molecular formula is C16H16BrN3O2. The molecule has 22 heavy (non-hydrogen) atoms. The lowest BCUT2D eigenvalue weighted by Crippen LogP contribution is -2.47. The number of benzene rings is 2. The molecule has 3 amide bonds. The minimum Gasteiger partial charge on any atom is -0.330 e. The van der Waals surface area contributed by atoms with Gasteiger partial charge in [-0.1, -0.05) is 46.3 Å². The summed E-state index contributed by atoms with van der Waals surface area (Å²) in [5.74, 6) is -0.368. The van der Waals surface area contributed by atoms with Gasteiger partial charge in [0, 0.05) is 10.0 Å². The van der Waals surface area contributed by atoms with Crippen LogP contribution >= 0.6 is 15.9 Å². The summed E-state index contributed by atoms with van der Waals surface area (Å²) in [6.45, 7) is 1.86. The summed E-state index contributed by atoms with van der Waals surface area (Å²) < 4.78 is 0.975. The Morgan fingerprint density at radius 1 is 0.955 bits per heavy atom. The molecule has 3 N–H and O–H groups in total. The van der Waals surface area contributed by atoms with E-state index in [0.29, 0.717) is 5.56 Å². The fraction of sp³-hybridized carbons (Fsp3) is 0.125. The number of halogens is 1. The number of nitrogens with one attached hydrogen (secondary N) is 3. The fourth-order valence-electron chi connectivity index (χ4n) is 1.84. The van der Waals surface area contributed by atoms with Crippen molar-refractivity contribution in [2.45, 2.75) is 13.0 Å². The maximum atomic E-state index is 11.8. The van der Waals surface area contributed by atoms with E-state index < -0.39 is 6.03 Å². The molecule has 0 saturated carbocycles. The standard InChI is InChI=1S/C16H16BrN3O2/c1-11(12-7-9-14(17)10-8-12)18-16(22)20-19-15(21)13-5-3-2-4-6-13/h2-11H,1H3,(H,19,21)(H2,18,20,22). The van der Waals surface area contributed by atoms with E-state index in [4.69, 9.17) is 0 Å². The van der Waals surface area contributed by atoms with Gasteiger partial charge in [0.05, 0.1) is 6.04 Å². The number of rotatable bonds is 3. The van der Waals surface area contributed by atoms with E-state index in [0.717, 1.165) is 10.0 Å². The zero-order valence-corrected chi connectivity index (χ0v) is 13.6. The minimum atomic E-state index is -0.473. The van der Waals surface area contributed by atoms with Crippen molar-refractivity contribution in [3.63, 3.8) is 0 Å². The second-order valence-corrected chi connectivity index (χ2v) is 5.61. The highest BCUT2D eigenvalue weighted by molar-refractivity contribution is 9.10. The molecule has 0 heterocycles. The van der Waals surface area contributed by atoms with Crippen molar-refractivity contribution < 1.29 is 9.59 Å². The van der Waals surface area contributed by atoms with E-state index in [1.165, 1.54) is 0 Å². The van der Waals surface area contributed by atoms with Crippen LogP contribution in [0, 0.1) is 0 Å². The highest BCUT2D eigenvalue weighted by atomic mass is 79.9. The number of hydrazine groups is 1. The molecule has 114 valence electrons. The minimum absolute atomic E-state index is 0.179. The molecule has 2 aromatic rings. The first-order valence-corrected chi connectivity index (χ1v) is 7.53. The Morgan fingerprint density at radius 3 is 2.23 bits per heavy atom. The first-order valence-electron chi connectivity index (χ1n) is 6.73. The molecule has 0 aliphatic rings. The number of carbonyl (C=O) groups excluding carboxylic acids is 2. The van der Waals surface area contributed by atoms with Gasteiger partial charge < -0.3 is 5.32 Å². The Hall–Kier alpha value is -2.34. The fourth-order valence-corrected chi connectivity index (χ4v) is 2.11. The summed E-state index contributed by atoms with van der Waals surface area (Å²) >= 11 is 3.36. The second-order valence-electron chi connectivity index (χ2n) is 4.69. The van der Waals surface area contributed by atoms with Gasteiger partial charge in [-0.05, 0) is 36.8 Å². The average Bonchev–Trinajstić information content (AvgIpc) is 2.54. The number of amides is 3. The lowest BCUT2D eigenvalue weighted by molar-refractivity contribution is 0.0936. The predicted octanol–water partition coefficient (Wildman–Crippen LogP) is 3.15. The number of hydrogen-bond donors (Lipinski definition) is 3. The van der Waals surface area contributed by atoms with E-state index in [1.54, 1.807) is 24.3 Å². The van der Waals surface area contributed by atoms with Crippen molar-refractivity contribution in [2.24, 2.45) is 0 Å². The predicted molar refractivity (Wildman–Crippen MR) is 88.1 cm³/mol. The molecule has 6 heteroatoms. The number of carbonyl (C=O) groups is 2. The second kappa shape index (κ2) is 7.61. The molecule has 1 unspecified atom stereocenters. The molecular weight excluding hydrogens is 346 g/mol. The average molecular weight is 362 g/mol. The Labute approximate surface area is 137 Å². The summed E-state index contributed by atoms with van der Waals surface area (Å²) in [6, 6.07) is 15.6. The third kappa shape index (κ3) is 4.60. The zero-order chi connectivity index (χ0) is 15.9. The molecule has 0 radical (unpaired) electrons. The van der Waals surface area contributed by atoms with Gasteiger partial charge in [0.2, 0.25) is 0 Å². The first kappa shape index (κ1) is 16.0. The molecule has 0 spiro atoms. The summed E-state index contributed by atoms with van der Waals surface area (Å²) in [7, 11) is 0. The van der Waals surface area contributed by atoms with Gasteiger partial charge in [0.15, 0.2) is 0 Å². The van der Waals surface area contributed by atoms with Gasteiger partial charge in [-0.2, -0.15) is 0 Å². The lowest BCUT2D eigenvalue weighted by atomic mass is 10.1. The van der Waals surface area contributed by atoms with Crippen molar-refractivity contribution in [3.8, 4) is 0 Å². The summed E-state index contributed by atoms with van der Waals surface area (Å²) in [6.07, 6.45) is 0. The van der Waals surface area contributed by atoms with E-state index in [9.17, 15) is 9.59 Å². The summed E-state index contributed by atoms with van der Waals surface area (Å²) in [5, 5.41) is 2.74. The molecule has 1 atom stereocenters. The van der Waals surface area contributed by atoms with Gasteiger partial charge in [-0.15, -0.1) is 0 Å². The maximum absolute atomic E-state index is 11.8. The van der Waals surface area contributed by atoms with Gasteiger partial charge in [0.1, 0.15) is 0 Å². The molecule has 0 aromatic heterocycles. The Kier molecular flexibility index (Phi) is 5.55. The number of urea groups is 1. The van der Waals surface area contributed by atoms with Crippen LogP contribution in [0.1, 0.15) is 28.9 Å². The zero-order valence-electron chi connectivity index (χ0n) is 12.0. The van der Waals surface area contributed by atoms with Crippen molar-refractivity contribution in [1.29, 1.82) is 0 Å². The van der Waals surface area contributed by atoms with Crippen LogP contribution in [0.15, 0.2) is 59.1 Å². The molecule has 0 aliphatic heterocycles. The van der Waals surface area contributed by atoms with E-state index in [-0.39, 0.29) is 11.9 Å². The third-order valence-corrected chi connectivity index (χ3v) is 3.57. The highest BCUT2D eigenvalue weighted by Crippen LogP contribution is 2.16. The molecule has 0 bridgehead atoms. The van der Waals surface area contributed by atoms with Crippen molar-refractivity contribution in [1.82, 2.24) is 16.2 Å². The topological polar surface area (TPSA) is 70.2 Å². The van der Waals surface area contributed by atoms with Crippen LogP contribution in [-0.4, -0.2) is 11.9 Å². The Morgan fingerprint density at radius 2 is 1.59 bits per heavy atom. The molecule has 0 fully saturated rings. The van der Waals surface area contributed by atoms with E-state index >= 15 is 0 Å². The van der Waals surface area contributed by atoms with Gasteiger partial charge in [-0.3, -0.25) is 10.2 Å². The maximum Gasteiger partial charge on any atom is 0.333 e. The van der Waals surface area contributed by atoms with Gasteiger partial charge in [-0.25, -0.2) is 10.2 Å². The van der Waals surface area contributed by atoms with Crippen LogP contribution in [0.4, 0.5) is 4.79 Å². The summed E-state index contributed by atoms with van der Waals surface area (Å²) in [4.78, 5) is 23.6. The Balaban J connectivity index is 1.83. The summed E-state index contributed by atoms with van der Waals surface area (Å²) in [5.41, 5.74) is 6.13.